The molecule has 0 amide bonds. The van der Waals surface area contributed by atoms with E-state index in [0.717, 1.165) is 19.3 Å². The second-order valence-corrected chi connectivity index (χ2v) is 5.79. The Hall–Kier alpha value is -1.08. The van der Waals surface area contributed by atoms with E-state index in [-0.39, 0.29) is 12.0 Å². The highest BCUT2D eigenvalue weighted by molar-refractivity contribution is 5.26. The van der Waals surface area contributed by atoms with E-state index in [1.165, 1.54) is 24.0 Å². The summed E-state index contributed by atoms with van der Waals surface area (Å²) in [5.74, 6) is 0.732. The molecule has 0 heterocycles. The lowest BCUT2D eigenvalue weighted by Gasteiger charge is -2.31. The minimum atomic E-state index is -0.308. The molecule has 104 valence electrons. The Kier molecular flexibility index (Phi) is 5.21. The van der Waals surface area contributed by atoms with Crippen LogP contribution in [-0.4, -0.2) is 11.2 Å². The zero-order valence-electron chi connectivity index (χ0n) is 12.2. The van der Waals surface area contributed by atoms with Gasteiger partial charge in [0, 0.05) is 5.92 Å². The van der Waals surface area contributed by atoms with Gasteiger partial charge in [0.1, 0.15) is 0 Å². The molecule has 1 aromatic rings. The van der Waals surface area contributed by atoms with Crippen LogP contribution in [0.2, 0.25) is 0 Å². The van der Waals surface area contributed by atoms with Gasteiger partial charge in [-0.15, -0.1) is 0 Å². The Labute approximate surface area is 117 Å². The molecule has 0 spiro atoms. The van der Waals surface area contributed by atoms with Crippen molar-refractivity contribution in [1.29, 1.82) is 0 Å². The van der Waals surface area contributed by atoms with E-state index < -0.39 is 0 Å². The summed E-state index contributed by atoms with van der Waals surface area (Å²) in [6, 6.07) is 10.5. The topological polar surface area (TPSA) is 20.2 Å². The summed E-state index contributed by atoms with van der Waals surface area (Å²) >= 11 is 0. The Balaban J connectivity index is 2.25. The van der Waals surface area contributed by atoms with Crippen molar-refractivity contribution in [3.05, 3.63) is 47.5 Å². The van der Waals surface area contributed by atoms with Gasteiger partial charge in [0.15, 0.2) is 0 Å². The van der Waals surface area contributed by atoms with Crippen molar-refractivity contribution in [2.24, 2.45) is 5.92 Å². The molecule has 0 aromatic heterocycles. The van der Waals surface area contributed by atoms with Crippen LogP contribution in [0.3, 0.4) is 0 Å². The lowest BCUT2D eigenvalue weighted by Crippen LogP contribution is -2.27. The zero-order chi connectivity index (χ0) is 13.7. The molecule has 1 aliphatic carbocycles. The number of hydrogen-bond donors (Lipinski definition) is 1. The number of hydrogen-bond acceptors (Lipinski definition) is 1. The SMILES string of the molecule is CCC(C)C(c1ccccc1)C(O)C1=CCCCC1. The lowest BCUT2D eigenvalue weighted by atomic mass is 9.77. The van der Waals surface area contributed by atoms with E-state index in [9.17, 15) is 5.11 Å². The Morgan fingerprint density at radius 1 is 1.16 bits per heavy atom. The molecular weight excluding hydrogens is 232 g/mol. The van der Waals surface area contributed by atoms with Gasteiger partial charge in [-0.05, 0) is 42.7 Å². The number of rotatable bonds is 5. The minimum absolute atomic E-state index is 0.232. The predicted molar refractivity (Wildman–Crippen MR) is 81.2 cm³/mol. The molecule has 1 nitrogen and oxygen atoms in total. The molecule has 0 bridgehead atoms. The third-order valence-electron chi connectivity index (χ3n) is 4.49. The van der Waals surface area contributed by atoms with Gasteiger partial charge in [-0.25, -0.2) is 0 Å². The highest BCUT2D eigenvalue weighted by Gasteiger charge is 2.28. The van der Waals surface area contributed by atoms with Crippen molar-refractivity contribution in [2.75, 3.05) is 0 Å². The Bertz CT molecular complexity index is 407. The van der Waals surface area contributed by atoms with E-state index >= 15 is 0 Å². The third-order valence-corrected chi connectivity index (χ3v) is 4.49. The Morgan fingerprint density at radius 3 is 2.47 bits per heavy atom. The van der Waals surface area contributed by atoms with E-state index in [1.54, 1.807) is 0 Å². The van der Waals surface area contributed by atoms with E-state index in [1.807, 2.05) is 6.07 Å². The molecule has 0 saturated carbocycles. The predicted octanol–water partition coefficient (Wildman–Crippen LogP) is 4.68. The summed E-state index contributed by atoms with van der Waals surface area (Å²) in [6.07, 6.45) is 7.77. The molecule has 0 radical (unpaired) electrons. The van der Waals surface area contributed by atoms with Gasteiger partial charge in [0.2, 0.25) is 0 Å². The van der Waals surface area contributed by atoms with Crippen LogP contribution >= 0.6 is 0 Å². The van der Waals surface area contributed by atoms with Crippen LogP contribution in [0.1, 0.15) is 57.4 Å². The van der Waals surface area contributed by atoms with Crippen LogP contribution in [0, 0.1) is 5.92 Å². The maximum absolute atomic E-state index is 10.8. The normalized spacial score (nSPS) is 20.5. The molecule has 0 aliphatic heterocycles. The van der Waals surface area contributed by atoms with E-state index in [0.29, 0.717) is 5.92 Å². The van der Waals surface area contributed by atoms with Crippen LogP contribution < -0.4 is 0 Å². The van der Waals surface area contributed by atoms with Gasteiger partial charge in [-0.3, -0.25) is 0 Å². The summed E-state index contributed by atoms with van der Waals surface area (Å²) in [6.45, 7) is 4.47. The molecule has 0 fully saturated rings. The first-order valence-electron chi connectivity index (χ1n) is 7.66. The van der Waals surface area contributed by atoms with Crippen molar-refractivity contribution in [3.8, 4) is 0 Å². The average molecular weight is 258 g/mol. The monoisotopic (exact) mass is 258 g/mol. The van der Waals surface area contributed by atoms with E-state index in [4.69, 9.17) is 0 Å². The second kappa shape index (κ2) is 6.91. The highest BCUT2D eigenvalue weighted by Crippen LogP contribution is 2.35. The summed E-state index contributed by atoms with van der Waals surface area (Å²) in [4.78, 5) is 0. The summed E-state index contributed by atoms with van der Waals surface area (Å²) < 4.78 is 0. The van der Waals surface area contributed by atoms with Gasteiger partial charge >= 0.3 is 0 Å². The van der Waals surface area contributed by atoms with E-state index in [2.05, 4.69) is 44.2 Å². The standard InChI is InChI=1S/C18H26O/c1-3-14(2)17(15-10-6-4-7-11-15)18(19)16-12-8-5-9-13-16/h4,6-7,10-12,14,17-19H,3,5,8-9,13H2,1-2H3. The quantitative estimate of drug-likeness (QED) is 0.760. The van der Waals surface area contributed by atoms with Crippen LogP contribution in [0.4, 0.5) is 0 Å². The Morgan fingerprint density at radius 2 is 1.89 bits per heavy atom. The molecule has 1 aliphatic rings. The largest absolute Gasteiger partial charge is 0.388 e. The van der Waals surface area contributed by atoms with Crippen molar-refractivity contribution >= 4 is 0 Å². The van der Waals surface area contributed by atoms with Crippen LogP contribution in [0.15, 0.2) is 42.0 Å². The minimum Gasteiger partial charge on any atom is -0.388 e. The smallest absolute Gasteiger partial charge is 0.0821 e. The van der Waals surface area contributed by atoms with Gasteiger partial charge in [-0.1, -0.05) is 56.7 Å². The highest BCUT2D eigenvalue weighted by atomic mass is 16.3. The molecule has 1 heteroatoms. The molecule has 2 rings (SSSR count). The van der Waals surface area contributed by atoms with Gasteiger partial charge < -0.3 is 5.11 Å². The van der Waals surface area contributed by atoms with Crippen molar-refractivity contribution in [1.82, 2.24) is 0 Å². The maximum Gasteiger partial charge on any atom is 0.0821 e. The fraction of sp³-hybridized carbons (Fsp3) is 0.556. The second-order valence-electron chi connectivity index (χ2n) is 5.79. The molecule has 0 saturated heterocycles. The van der Waals surface area contributed by atoms with Crippen LogP contribution in [-0.2, 0) is 0 Å². The summed E-state index contributed by atoms with van der Waals surface area (Å²) in [7, 11) is 0. The molecule has 3 atom stereocenters. The fourth-order valence-electron chi connectivity index (χ4n) is 3.11. The third kappa shape index (κ3) is 3.48. The first-order valence-corrected chi connectivity index (χ1v) is 7.66. The molecule has 3 unspecified atom stereocenters. The van der Waals surface area contributed by atoms with Gasteiger partial charge in [-0.2, -0.15) is 0 Å². The van der Waals surface area contributed by atoms with Crippen molar-refractivity contribution < 1.29 is 5.11 Å². The number of aliphatic hydroxyl groups excluding tert-OH is 1. The number of allylic oxidation sites excluding steroid dienone is 1. The summed E-state index contributed by atoms with van der Waals surface area (Å²) in [5, 5.41) is 10.8. The molecular formula is C18H26O. The maximum atomic E-state index is 10.8. The first-order chi connectivity index (χ1) is 9.24. The molecule has 19 heavy (non-hydrogen) atoms. The molecule has 1 aromatic carbocycles. The molecule has 1 N–H and O–H groups in total. The first kappa shape index (κ1) is 14.3. The summed E-state index contributed by atoms with van der Waals surface area (Å²) in [5.41, 5.74) is 2.54. The fourth-order valence-corrected chi connectivity index (χ4v) is 3.11. The van der Waals surface area contributed by atoms with Crippen molar-refractivity contribution in [2.45, 2.75) is 58.0 Å². The average Bonchev–Trinajstić information content (AvgIpc) is 2.49. The number of aliphatic hydroxyl groups is 1. The lowest BCUT2D eigenvalue weighted by molar-refractivity contribution is 0.143. The van der Waals surface area contributed by atoms with Gasteiger partial charge in [0.25, 0.3) is 0 Å². The van der Waals surface area contributed by atoms with Crippen LogP contribution in [0.5, 0.6) is 0 Å². The van der Waals surface area contributed by atoms with Gasteiger partial charge in [0.05, 0.1) is 6.10 Å². The van der Waals surface area contributed by atoms with Crippen molar-refractivity contribution in [3.63, 3.8) is 0 Å². The number of benzene rings is 1. The van der Waals surface area contributed by atoms with Crippen LogP contribution in [0.25, 0.3) is 0 Å². The zero-order valence-corrected chi connectivity index (χ0v) is 12.2.